The SMILES string of the molecule is Brc1ccc2c3[c]4[nH]cc(c-3cc2c1)Sc1c[nH][c](c2c3ccc(Br)cc3cc1-2)[Zr+2]4.[Cl-].[Cl-]. The van der Waals surface area contributed by atoms with Gasteiger partial charge in [0.25, 0.3) is 0 Å². The van der Waals surface area contributed by atoms with Crippen LogP contribution in [-0.2, 0) is 23.2 Å². The number of fused-ring (bicyclic) bond motifs is 5. The molecule has 0 fully saturated rings. The monoisotopic (exact) mass is 678 g/mol. The summed E-state index contributed by atoms with van der Waals surface area (Å²) in [6, 6.07) is 18.0. The van der Waals surface area contributed by atoms with Crippen molar-refractivity contribution in [3.05, 3.63) is 69.9 Å². The topological polar surface area (TPSA) is 31.6 Å². The summed E-state index contributed by atoms with van der Waals surface area (Å²) in [5.41, 5.74) is 5.57. The van der Waals surface area contributed by atoms with Crippen LogP contribution < -0.4 is 31.6 Å². The number of rotatable bonds is 0. The first-order valence-electron chi connectivity index (χ1n) is 9.57. The molecule has 4 heterocycles. The normalized spacial score (nSPS) is 12.1. The van der Waals surface area contributed by atoms with E-state index in [0.717, 1.165) is 8.95 Å². The van der Waals surface area contributed by atoms with E-state index in [9.17, 15) is 0 Å². The summed E-state index contributed by atoms with van der Waals surface area (Å²) in [6.45, 7) is 0. The van der Waals surface area contributed by atoms with Crippen molar-refractivity contribution in [3.63, 3.8) is 0 Å². The van der Waals surface area contributed by atoms with E-state index < -0.39 is 23.2 Å². The van der Waals surface area contributed by atoms with Crippen molar-refractivity contribution in [2.24, 2.45) is 0 Å². The summed E-state index contributed by atoms with van der Waals surface area (Å²) in [5, 5.41) is 5.32. The van der Waals surface area contributed by atoms with Crippen molar-refractivity contribution < 1.29 is 48.0 Å². The molecule has 156 valence electrons. The molecule has 0 spiro atoms. The van der Waals surface area contributed by atoms with Crippen molar-refractivity contribution in [2.75, 3.05) is 0 Å². The number of hydrogen-bond donors (Lipinski definition) is 2. The predicted octanol–water partition coefficient (Wildman–Crippen LogP) is 0.890. The van der Waals surface area contributed by atoms with E-state index >= 15 is 0 Å². The van der Waals surface area contributed by atoms with E-state index in [1.807, 2.05) is 11.8 Å². The van der Waals surface area contributed by atoms with Gasteiger partial charge in [0.1, 0.15) is 0 Å². The van der Waals surface area contributed by atoms with Crippen LogP contribution in [0.3, 0.4) is 0 Å². The van der Waals surface area contributed by atoms with Crippen LogP contribution in [-0.4, -0.2) is 9.97 Å². The summed E-state index contributed by atoms with van der Waals surface area (Å²) in [4.78, 5) is 9.99. The van der Waals surface area contributed by atoms with Crippen LogP contribution >= 0.6 is 43.6 Å². The molecule has 2 aromatic rings. The minimum atomic E-state index is -1.10. The minimum Gasteiger partial charge on any atom is -1.00 e. The van der Waals surface area contributed by atoms with E-state index in [0.29, 0.717) is 0 Å². The number of nitrogens with one attached hydrogen (secondary N) is 2. The van der Waals surface area contributed by atoms with Crippen LogP contribution in [0, 0.1) is 0 Å². The van der Waals surface area contributed by atoms with Crippen molar-refractivity contribution in [1.29, 1.82) is 0 Å². The van der Waals surface area contributed by atoms with Crippen LogP contribution in [0.2, 0.25) is 0 Å². The third-order valence-corrected chi connectivity index (χ3v) is 11.2. The van der Waals surface area contributed by atoms with Gasteiger partial charge >= 0.3 is 207 Å². The summed E-state index contributed by atoms with van der Waals surface area (Å²) in [6.07, 6.45) is 4.44. The van der Waals surface area contributed by atoms with E-state index in [2.05, 4.69) is 103 Å². The number of aromatic amines is 2. The Bertz CT molecular complexity index is 1480. The van der Waals surface area contributed by atoms with Gasteiger partial charge in [-0.05, 0) is 0 Å². The molecule has 0 saturated heterocycles. The maximum Gasteiger partial charge on any atom is -1.00 e. The van der Waals surface area contributed by atoms with Crippen LogP contribution in [0.25, 0.3) is 43.8 Å². The van der Waals surface area contributed by atoms with Crippen LogP contribution in [0.5, 0.6) is 0 Å². The standard InChI is InChI=1S/C24H12Br2N2S.2ClH.Zr/c25-15-1-3-17-13(5-15)7-19-21(17)9-27-11-23(19)29-24-12-28-10-22-18-4-2-16(26)6-14(18)8-20(22)24;;;/h1-8,11-12,27-28H;2*1H;/q;;;+2/p-2. The second-order valence-electron chi connectivity index (χ2n) is 7.61. The molecule has 0 atom stereocenters. The van der Waals surface area contributed by atoms with Crippen molar-refractivity contribution in [2.45, 2.75) is 9.79 Å². The fourth-order valence-electron chi connectivity index (χ4n) is 4.62. The van der Waals surface area contributed by atoms with Gasteiger partial charge in [0.05, 0.1) is 0 Å². The number of aromatic nitrogens is 2. The summed E-state index contributed by atoms with van der Waals surface area (Å²) in [7, 11) is 0. The van der Waals surface area contributed by atoms with Gasteiger partial charge in [-0.15, -0.1) is 0 Å². The molecule has 8 heteroatoms. The summed E-state index contributed by atoms with van der Waals surface area (Å²) in [5.74, 6) is 0. The molecule has 0 amide bonds. The van der Waals surface area contributed by atoms with Crippen molar-refractivity contribution >= 4 is 72.0 Å². The molecule has 2 nitrogen and oxygen atoms in total. The van der Waals surface area contributed by atoms with Crippen molar-refractivity contribution in [1.82, 2.24) is 9.97 Å². The smallest absolute Gasteiger partial charge is 1.00 e. The predicted molar refractivity (Wildman–Crippen MR) is 129 cm³/mol. The molecule has 4 bridgehead atoms. The quantitative estimate of drug-likeness (QED) is 0.245. The molecule has 2 aliphatic carbocycles. The Kier molecular flexibility index (Phi) is 6.10. The second kappa shape index (κ2) is 8.48. The Hall–Kier alpha value is -0.747. The zero-order valence-corrected chi connectivity index (χ0v) is 24.2. The number of pyridine rings is 2. The molecule has 2 aromatic carbocycles. The van der Waals surface area contributed by atoms with Gasteiger partial charge in [-0.3, -0.25) is 0 Å². The first-order valence-corrected chi connectivity index (χ1v) is 14.4. The minimum absolute atomic E-state index is 0. The van der Waals surface area contributed by atoms with Crippen LogP contribution in [0.15, 0.2) is 79.7 Å². The van der Waals surface area contributed by atoms with Crippen LogP contribution in [0.1, 0.15) is 0 Å². The van der Waals surface area contributed by atoms with Crippen molar-refractivity contribution in [3.8, 4) is 22.3 Å². The molecule has 4 aliphatic heterocycles. The fraction of sp³-hybridized carbons (Fsp3) is 0. The molecular weight excluding hydrogens is 670 g/mol. The number of hydrogen-bond acceptors (Lipinski definition) is 1. The first-order chi connectivity index (χ1) is 14.7. The largest absolute Gasteiger partial charge is 1.00 e. The number of H-pyrrole nitrogens is 2. The van der Waals surface area contributed by atoms with Gasteiger partial charge in [0, 0.05) is 0 Å². The summed E-state index contributed by atoms with van der Waals surface area (Å²) >= 11 is 8.03. The molecule has 0 unspecified atom stereocenters. The van der Waals surface area contributed by atoms with E-state index in [1.165, 1.54) is 60.4 Å². The van der Waals surface area contributed by atoms with E-state index in [4.69, 9.17) is 0 Å². The molecule has 0 saturated carbocycles. The molecule has 2 N–H and O–H groups in total. The average molecular weight is 682 g/mol. The third kappa shape index (κ3) is 3.37. The van der Waals surface area contributed by atoms with Gasteiger partial charge in [0.15, 0.2) is 0 Å². The Balaban J connectivity index is 0.00000108. The average Bonchev–Trinajstić information content (AvgIpc) is 3.31. The van der Waals surface area contributed by atoms with Gasteiger partial charge in [0.2, 0.25) is 0 Å². The Morgan fingerprint density at radius 3 is 1.59 bits per heavy atom. The van der Waals surface area contributed by atoms with E-state index in [-0.39, 0.29) is 24.8 Å². The fourth-order valence-corrected chi connectivity index (χ4v) is 9.65. The van der Waals surface area contributed by atoms with Crippen LogP contribution in [0.4, 0.5) is 0 Å². The maximum absolute atomic E-state index is 3.70. The Morgan fingerprint density at radius 1 is 0.656 bits per heavy atom. The van der Waals surface area contributed by atoms with Gasteiger partial charge < -0.3 is 24.8 Å². The van der Waals surface area contributed by atoms with Gasteiger partial charge in [-0.25, -0.2) is 0 Å². The van der Waals surface area contributed by atoms with Gasteiger partial charge in [-0.1, -0.05) is 0 Å². The Morgan fingerprint density at radius 2 is 1.12 bits per heavy atom. The maximum atomic E-state index is 3.70. The zero-order chi connectivity index (χ0) is 20.0. The first kappa shape index (κ1) is 23.0. The summed E-state index contributed by atoms with van der Waals surface area (Å²) < 4.78 is 5.11. The molecule has 32 heavy (non-hydrogen) atoms. The molecule has 0 radical (unpaired) electrons. The Labute approximate surface area is 229 Å². The molecule has 6 aliphatic rings. The van der Waals surface area contributed by atoms with Gasteiger partial charge in [-0.2, -0.15) is 0 Å². The van der Waals surface area contributed by atoms with E-state index in [1.54, 1.807) is 0 Å². The third-order valence-electron chi connectivity index (χ3n) is 5.90. The number of benzene rings is 2. The number of halogens is 4. The molecule has 8 rings (SSSR count). The second-order valence-corrected chi connectivity index (χ2v) is 13.6. The zero-order valence-electron chi connectivity index (χ0n) is 16.2. The molecular formula is C24H12Br2Cl2N2SZr. The molecule has 0 aromatic heterocycles.